The molecule has 5 atom stereocenters. The highest BCUT2D eigenvalue weighted by Gasteiger charge is 2.56. The van der Waals surface area contributed by atoms with Gasteiger partial charge in [-0.25, -0.2) is 14.7 Å². The van der Waals surface area contributed by atoms with Gasteiger partial charge in [0.25, 0.3) is 0 Å². The molecule has 0 bridgehead atoms. The zero-order valence-electron chi connectivity index (χ0n) is 35.7. The van der Waals surface area contributed by atoms with Crippen molar-refractivity contribution in [2.45, 2.75) is 139 Å². The number of carbonyl (C=O) groups is 4. The van der Waals surface area contributed by atoms with Crippen molar-refractivity contribution in [2.75, 3.05) is 13.2 Å². The maximum Gasteiger partial charge on any atom is 0.331 e. The average molecular weight is 985 g/mol. The zero-order valence-corrected chi connectivity index (χ0v) is 35.7. The third kappa shape index (κ3) is 20.6. The summed E-state index contributed by atoms with van der Waals surface area (Å²) in [7, 11) is 0. The third-order valence-electron chi connectivity index (χ3n) is 10.8. The van der Waals surface area contributed by atoms with Crippen LogP contribution in [0.4, 0.5) is 0 Å². The highest BCUT2D eigenvalue weighted by atomic mass is 16.6. The van der Waals surface area contributed by atoms with Crippen molar-refractivity contribution in [1.29, 1.82) is 0 Å². The van der Waals surface area contributed by atoms with Crippen molar-refractivity contribution in [3.8, 4) is 0 Å². The van der Waals surface area contributed by atoms with E-state index in [9.17, 15) is 24.4 Å². The molecular weight excluding hydrogens is 893 g/mol. The lowest BCUT2D eigenvalue weighted by Gasteiger charge is -2.39. The number of fused-ring (bicyclic) bond motifs is 1. The Morgan fingerprint density at radius 1 is 0.690 bits per heavy atom. The number of oxime groups is 1. The van der Waals surface area contributed by atoms with Crippen LogP contribution in [0.1, 0.15) is 117 Å². The highest BCUT2D eigenvalue weighted by molar-refractivity contribution is 5.99. The molecule has 396 valence electrons. The molecular formula is C59H92N4O8. The van der Waals surface area contributed by atoms with Crippen LogP contribution in [0, 0.1) is 11.8 Å². The smallest absolute Gasteiger partial charge is 0.331 e. The summed E-state index contributed by atoms with van der Waals surface area (Å²) in [4.78, 5) is 55.0. The molecule has 0 saturated carbocycles. The first-order chi connectivity index (χ1) is 30.0. The van der Waals surface area contributed by atoms with E-state index in [1.165, 1.54) is 18.2 Å². The molecule has 2 N–H and O–H groups in total. The number of esters is 2. The van der Waals surface area contributed by atoms with E-state index in [0.717, 1.165) is 27.3 Å². The van der Waals surface area contributed by atoms with Crippen LogP contribution in [-0.2, 0) is 54.6 Å². The van der Waals surface area contributed by atoms with Crippen molar-refractivity contribution in [3.05, 3.63) is 180 Å². The van der Waals surface area contributed by atoms with Gasteiger partial charge in [0.2, 0.25) is 11.8 Å². The number of hydrogen-bond donors (Lipinski definition) is 2. The Bertz CT molecular complexity index is 2200. The van der Waals surface area contributed by atoms with Crippen molar-refractivity contribution >= 4 is 29.5 Å². The Kier molecular flexibility index (Phi) is 38.2. The largest absolute Gasteiger partial charge is 0.464 e. The Morgan fingerprint density at radius 2 is 1.17 bits per heavy atom. The molecule has 0 aromatic heterocycles. The SMILES string of the molecule is C.C.C.C.C.C.C.C.C.CCOC(=O)/C=C/[C@H](Cc1ccccc1)N(Cc1ccccc1)C(=O)/C=C/C(C)=NO.CCOC(=O)[C@@H]1[C@@H]2[C@H](C=C(C)N1O)C(=O)N(Cc1ccccc1)[C@H]2Cc1ccccc1. The Labute approximate surface area is 430 Å². The minimum absolute atomic E-state index is 0. The molecule has 0 unspecified atom stereocenters. The molecule has 0 aliphatic carbocycles. The molecule has 1 fully saturated rings. The van der Waals surface area contributed by atoms with E-state index in [0.29, 0.717) is 37.3 Å². The van der Waals surface area contributed by atoms with Gasteiger partial charge in [-0.05, 0) is 68.9 Å². The van der Waals surface area contributed by atoms with Crippen molar-refractivity contribution < 1.29 is 39.1 Å². The molecule has 1 saturated heterocycles. The second-order valence-electron chi connectivity index (χ2n) is 15.1. The van der Waals surface area contributed by atoms with Gasteiger partial charge in [-0.2, -0.15) is 0 Å². The number of carbonyl (C=O) groups excluding carboxylic acids is 4. The van der Waals surface area contributed by atoms with Gasteiger partial charge < -0.3 is 24.5 Å². The van der Waals surface area contributed by atoms with Gasteiger partial charge >= 0.3 is 11.9 Å². The van der Waals surface area contributed by atoms with Crippen LogP contribution in [0.5, 0.6) is 0 Å². The van der Waals surface area contributed by atoms with Gasteiger partial charge in [0.1, 0.15) is 0 Å². The maximum absolute atomic E-state index is 13.6. The minimum Gasteiger partial charge on any atom is -0.464 e. The first kappa shape index (κ1) is 73.2. The number of rotatable bonds is 16. The fourth-order valence-corrected chi connectivity index (χ4v) is 7.81. The van der Waals surface area contributed by atoms with Gasteiger partial charge in [-0.1, -0.05) is 205 Å². The summed E-state index contributed by atoms with van der Waals surface area (Å²) in [5.41, 5.74) is 4.91. The Hall–Kier alpha value is -6.79. The standard InChI is InChI=1S/2C25H28N2O4.9CH4/c1-3-31-25(29)23-22-20(14-17(2)27(23)30)24(28)26(16-19-12-8-5-9-13-19)21(22)15-18-10-6-4-7-11-18;1-3-31-25(29)17-15-23(18-21-10-6-4-7-11-21)27(19-22-12-8-5-9-13-22)24(28)16-14-20(2)26-30;;;;;;;;;/h4-14,20-23,30H,3,15-16H2,1-2H3;4-17,23,30H,3,18-19H2,1-2H3;9*1H4/b;16-14+,17-15+,26-20?;;;;;;;;;/t20-,21-,22+,23-;23-;;;;;;;;;/m01........./s1. The van der Waals surface area contributed by atoms with Crippen molar-refractivity contribution in [2.24, 2.45) is 17.0 Å². The van der Waals surface area contributed by atoms with E-state index >= 15 is 0 Å². The number of nitrogens with zero attached hydrogens (tertiary/aromatic N) is 4. The number of benzene rings is 4. The summed E-state index contributed by atoms with van der Waals surface area (Å²) in [5.74, 6) is -2.12. The molecule has 6 rings (SSSR count). The number of ether oxygens (including phenoxy) is 2. The van der Waals surface area contributed by atoms with E-state index < -0.39 is 35.9 Å². The fraction of sp³-hybridized carbons (Fsp3) is 0.407. The molecule has 4 aromatic rings. The van der Waals surface area contributed by atoms with Crippen LogP contribution >= 0.6 is 0 Å². The fourth-order valence-electron chi connectivity index (χ4n) is 7.81. The summed E-state index contributed by atoms with van der Waals surface area (Å²) < 4.78 is 10.3. The van der Waals surface area contributed by atoms with Crippen LogP contribution in [0.2, 0.25) is 0 Å². The summed E-state index contributed by atoms with van der Waals surface area (Å²) in [6, 6.07) is 37.6. The lowest BCUT2D eigenvalue weighted by Crippen LogP contribution is -2.52. The number of hydroxylamine groups is 2. The predicted octanol–water partition coefficient (Wildman–Crippen LogP) is 13.3. The van der Waals surface area contributed by atoms with Gasteiger partial charge in [0.15, 0.2) is 6.04 Å². The molecule has 12 nitrogen and oxygen atoms in total. The lowest BCUT2D eigenvalue weighted by molar-refractivity contribution is -0.176. The topological polar surface area (TPSA) is 149 Å². The molecule has 2 heterocycles. The quantitative estimate of drug-likeness (QED) is 0.0368. The van der Waals surface area contributed by atoms with E-state index in [1.807, 2.05) is 126 Å². The second kappa shape index (κ2) is 37.1. The first-order valence-corrected chi connectivity index (χ1v) is 20.9. The van der Waals surface area contributed by atoms with Crippen molar-refractivity contribution in [1.82, 2.24) is 14.9 Å². The van der Waals surface area contributed by atoms with E-state index in [-0.39, 0.29) is 97.9 Å². The highest BCUT2D eigenvalue weighted by Crippen LogP contribution is 2.43. The molecule has 4 aromatic carbocycles. The Morgan fingerprint density at radius 3 is 1.66 bits per heavy atom. The van der Waals surface area contributed by atoms with Gasteiger partial charge in [0.05, 0.1) is 30.9 Å². The molecule has 71 heavy (non-hydrogen) atoms. The zero-order chi connectivity index (χ0) is 44.4. The van der Waals surface area contributed by atoms with Crippen LogP contribution < -0.4 is 0 Å². The number of amides is 2. The second-order valence-corrected chi connectivity index (χ2v) is 15.1. The van der Waals surface area contributed by atoms with Gasteiger partial charge in [-0.15, -0.1) is 0 Å². The number of hydrogen-bond acceptors (Lipinski definition) is 10. The number of allylic oxidation sites excluding steroid dienone is 2. The molecule has 0 spiro atoms. The van der Waals surface area contributed by atoms with Crippen LogP contribution in [0.15, 0.2) is 163 Å². The Balaban J connectivity index is -0.000000363. The summed E-state index contributed by atoms with van der Waals surface area (Å²) in [5, 5.41) is 23.7. The summed E-state index contributed by atoms with van der Waals surface area (Å²) in [6.45, 7) is 8.09. The van der Waals surface area contributed by atoms with Crippen molar-refractivity contribution in [3.63, 3.8) is 0 Å². The lowest BCUT2D eigenvalue weighted by atomic mass is 9.78. The average Bonchev–Trinajstić information content (AvgIpc) is 3.53. The van der Waals surface area contributed by atoms with E-state index in [4.69, 9.17) is 14.7 Å². The molecule has 12 heteroatoms. The third-order valence-corrected chi connectivity index (χ3v) is 10.8. The summed E-state index contributed by atoms with van der Waals surface area (Å²) >= 11 is 0. The molecule has 2 aliphatic heterocycles. The number of likely N-dealkylation sites (tertiary alicyclic amines) is 1. The van der Waals surface area contributed by atoms with Gasteiger partial charge in [0, 0.05) is 42.9 Å². The first-order valence-electron chi connectivity index (χ1n) is 20.9. The van der Waals surface area contributed by atoms with Crippen LogP contribution in [-0.4, -0.2) is 86.1 Å². The minimum atomic E-state index is -0.923. The van der Waals surface area contributed by atoms with E-state index in [1.54, 1.807) is 44.7 Å². The van der Waals surface area contributed by atoms with E-state index in [2.05, 4.69) is 5.16 Å². The monoisotopic (exact) mass is 985 g/mol. The van der Waals surface area contributed by atoms with Gasteiger partial charge in [-0.3, -0.25) is 14.8 Å². The summed E-state index contributed by atoms with van der Waals surface area (Å²) in [6.07, 6.45) is 8.79. The predicted molar refractivity (Wildman–Crippen MR) is 297 cm³/mol. The normalized spacial score (nSPS) is 16.6. The molecule has 2 aliphatic rings. The van der Waals surface area contributed by atoms with Crippen LogP contribution in [0.25, 0.3) is 0 Å². The van der Waals surface area contributed by atoms with Crippen LogP contribution in [0.3, 0.4) is 0 Å². The maximum atomic E-state index is 13.6. The molecule has 0 radical (unpaired) electrons. The molecule has 2 amide bonds.